The summed E-state index contributed by atoms with van der Waals surface area (Å²) in [6.07, 6.45) is 1.24. The van der Waals surface area contributed by atoms with Crippen molar-refractivity contribution in [3.05, 3.63) is 28.8 Å². The van der Waals surface area contributed by atoms with E-state index in [2.05, 4.69) is 0 Å². The first-order chi connectivity index (χ1) is 11.6. The molecule has 0 N–H and O–H groups in total. The van der Waals surface area contributed by atoms with E-state index in [9.17, 15) is 13.2 Å². The van der Waals surface area contributed by atoms with Crippen molar-refractivity contribution in [2.45, 2.75) is 60.0 Å². The molecule has 0 spiro atoms. The van der Waals surface area contributed by atoms with E-state index in [-0.39, 0.29) is 35.9 Å². The number of hydrogen-bond donors (Lipinski definition) is 0. The Labute approximate surface area is 156 Å². The summed E-state index contributed by atoms with van der Waals surface area (Å²) in [6.45, 7) is 9.75. The maximum atomic E-state index is 12.6. The molecule has 0 fully saturated rings. The minimum Gasteiger partial charge on any atom is -0.382 e. The standard InChI is InChI=1S/C18H28ClNO4S/c1-6-14(5)20(18(21)10-13(3)4)12-15-11-16(19)8-9-17(15)24-25(22,23)7-2/h8-9,11,13-14H,6-7,10,12H2,1-5H3. The highest BCUT2D eigenvalue weighted by Crippen LogP contribution is 2.27. The van der Waals surface area contributed by atoms with Crippen LogP contribution in [-0.4, -0.2) is 31.0 Å². The summed E-state index contributed by atoms with van der Waals surface area (Å²) in [5.41, 5.74) is 0.585. The molecule has 0 saturated carbocycles. The maximum Gasteiger partial charge on any atom is 0.308 e. The SMILES string of the molecule is CCC(C)N(Cc1cc(Cl)ccc1OS(=O)(=O)CC)C(=O)CC(C)C. The number of amides is 1. The second-order valence-electron chi connectivity index (χ2n) is 6.56. The van der Waals surface area contributed by atoms with Gasteiger partial charge in [-0.3, -0.25) is 4.79 Å². The third-order valence-corrected chi connectivity index (χ3v) is 5.34. The second kappa shape index (κ2) is 9.43. The first-order valence-corrected chi connectivity index (χ1v) is 10.5. The van der Waals surface area contributed by atoms with Gasteiger partial charge >= 0.3 is 10.1 Å². The number of carbonyl (C=O) groups is 1. The Morgan fingerprint density at radius 2 is 1.88 bits per heavy atom. The van der Waals surface area contributed by atoms with Crippen molar-refractivity contribution in [2.75, 3.05) is 5.75 Å². The lowest BCUT2D eigenvalue weighted by Crippen LogP contribution is -2.38. The molecule has 0 aliphatic heterocycles. The van der Waals surface area contributed by atoms with E-state index in [1.54, 1.807) is 17.0 Å². The van der Waals surface area contributed by atoms with E-state index in [1.807, 2.05) is 27.7 Å². The van der Waals surface area contributed by atoms with Crippen LogP contribution < -0.4 is 4.18 Å². The zero-order valence-electron chi connectivity index (χ0n) is 15.6. The van der Waals surface area contributed by atoms with Crippen LogP contribution >= 0.6 is 11.6 Å². The van der Waals surface area contributed by atoms with Crippen molar-refractivity contribution in [1.29, 1.82) is 0 Å². The fourth-order valence-electron chi connectivity index (χ4n) is 2.31. The summed E-state index contributed by atoms with van der Waals surface area (Å²) < 4.78 is 28.8. The van der Waals surface area contributed by atoms with Crippen LogP contribution in [0.1, 0.15) is 53.0 Å². The zero-order chi connectivity index (χ0) is 19.2. The Kier molecular flexibility index (Phi) is 8.22. The molecule has 1 aromatic rings. The van der Waals surface area contributed by atoms with E-state index < -0.39 is 10.1 Å². The minimum absolute atomic E-state index is 0.0286. The summed E-state index contributed by atoms with van der Waals surface area (Å²) in [5.74, 6) is 0.372. The van der Waals surface area contributed by atoms with Gasteiger partial charge in [0, 0.05) is 29.6 Å². The average molecular weight is 390 g/mol. The molecule has 0 aliphatic carbocycles. The lowest BCUT2D eigenvalue weighted by atomic mass is 10.1. The third kappa shape index (κ3) is 6.86. The molecule has 0 heterocycles. The van der Waals surface area contributed by atoms with Gasteiger partial charge in [-0.15, -0.1) is 0 Å². The third-order valence-electron chi connectivity index (χ3n) is 3.96. The maximum absolute atomic E-state index is 12.6. The quantitative estimate of drug-likeness (QED) is 0.592. The van der Waals surface area contributed by atoms with Crippen molar-refractivity contribution in [1.82, 2.24) is 4.90 Å². The van der Waals surface area contributed by atoms with Gasteiger partial charge in [0.25, 0.3) is 0 Å². The molecule has 1 atom stereocenters. The molecule has 142 valence electrons. The molecule has 1 aromatic carbocycles. The van der Waals surface area contributed by atoms with Crippen LogP contribution in [0.3, 0.4) is 0 Å². The van der Waals surface area contributed by atoms with E-state index in [4.69, 9.17) is 15.8 Å². The molecular weight excluding hydrogens is 362 g/mol. The van der Waals surface area contributed by atoms with E-state index >= 15 is 0 Å². The summed E-state index contributed by atoms with van der Waals surface area (Å²) in [7, 11) is -3.66. The van der Waals surface area contributed by atoms with Crippen LogP contribution in [-0.2, 0) is 21.5 Å². The molecular formula is C18H28ClNO4S. The first-order valence-electron chi connectivity index (χ1n) is 8.59. The second-order valence-corrected chi connectivity index (χ2v) is 8.85. The summed E-state index contributed by atoms with van der Waals surface area (Å²) >= 11 is 6.07. The minimum atomic E-state index is -3.66. The fraction of sp³-hybridized carbons (Fsp3) is 0.611. The smallest absolute Gasteiger partial charge is 0.308 e. The summed E-state index contributed by atoms with van der Waals surface area (Å²) in [4.78, 5) is 14.4. The molecule has 5 nitrogen and oxygen atoms in total. The topological polar surface area (TPSA) is 63.7 Å². The van der Waals surface area contributed by atoms with Crippen LogP contribution in [0.25, 0.3) is 0 Å². The van der Waals surface area contributed by atoms with Crippen LogP contribution in [0, 0.1) is 5.92 Å². The van der Waals surface area contributed by atoms with E-state index in [0.717, 1.165) is 6.42 Å². The number of hydrogen-bond acceptors (Lipinski definition) is 4. The molecule has 1 unspecified atom stereocenters. The van der Waals surface area contributed by atoms with Crippen molar-refractivity contribution >= 4 is 27.6 Å². The van der Waals surface area contributed by atoms with Crippen LogP contribution in [0.4, 0.5) is 0 Å². The van der Waals surface area contributed by atoms with Gasteiger partial charge in [-0.1, -0.05) is 32.4 Å². The van der Waals surface area contributed by atoms with Crippen LogP contribution in [0.2, 0.25) is 5.02 Å². The Morgan fingerprint density at radius 3 is 2.40 bits per heavy atom. The Balaban J connectivity index is 3.18. The van der Waals surface area contributed by atoms with Gasteiger partial charge in [-0.2, -0.15) is 8.42 Å². The molecule has 7 heteroatoms. The molecule has 1 amide bonds. The number of rotatable bonds is 9. The van der Waals surface area contributed by atoms with Gasteiger partial charge in [0.2, 0.25) is 5.91 Å². The molecule has 0 radical (unpaired) electrons. The van der Waals surface area contributed by atoms with Crippen LogP contribution in [0.15, 0.2) is 18.2 Å². The van der Waals surface area contributed by atoms with Crippen LogP contribution in [0.5, 0.6) is 5.75 Å². The predicted octanol–water partition coefficient (Wildman–Crippen LogP) is 4.24. The largest absolute Gasteiger partial charge is 0.382 e. The Morgan fingerprint density at radius 1 is 1.24 bits per heavy atom. The predicted molar refractivity (Wildman–Crippen MR) is 101 cm³/mol. The van der Waals surface area contributed by atoms with E-state index in [0.29, 0.717) is 17.0 Å². The Bertz CT molecular complexity index is 688. The average Bonchev–Trinajstić information content (AvgIpc) is 2.53. The van der Waals surface area contributed by atoms with Crippen molar-refractivity contribution in [3.63, 3.8) is 0 Å². The summed E-state index contributed by atoms with van der Waals surface area (Å²) in [6, 6.07) is 4.79. The lowest BCUT2D eigenvalue weighted by molar-refractivity contribution is -0.134. The van der Waals surface area contributed by atoms with Gasteiger partial charge < -0.3 is 9.08 Å². The van der Waals surface area contributed by atoms with Crippen molar-refractivity contribution < 1.29 is 17.4 Å². The van der Waals surface area contributed by atoms with Gasteiger partial charge in [-0.05, 0) is 44.4 Å². The van der Waals surface area contributed by atoms with Gasteiger partial charge in [0.1, 0.15) is 5.75 Å². The van der Waals surface area contributed by atoms with E-state index in [1.165, 1.54) is 13.0 Å². The van der Waals surface area contributed by atoms with Crippen molar-refractivity contribution in [3.8, 4) is 5.75 Å². The van der Waals surface area contributed by atoms with Gasteiger partial charge in [0.05, 0.1) is 5.75 Å². The number of nitrogens with zero attached hydrogens (tertiary/aromatic N) is 1. The number of halogens is 1. The number of carbonyl (C=O) groups excluding carboxylic acids is 1. The molecule has 25 heavy (non-hydrogen) atoms. The lowest BCUT2D eigenvalue weighted by Gasteiger charge is -2.30. The molecule has 1 rings (SSSR count). The van der Waals surface area contributed by atoms with Gasteiger partial charge in [0.15, 0.2) is 0 Å². The Hall–Kier alpha value is -1.27. The molecule has 0 saturated heterocycles. The monoisotopic (exact) mass is 389 g/mol. The summed E-state index contributed by atoms with van der Waals surface area (Å²) in [5, 5.41) is 0.469. The zero-order valence-corrected chi connectivity index (χ0v) is 17.2. The molecule has 0 aromatic heterocycles. The first kappa shape index (κ1) is 21.8. The normalized spacial score (nSPS) is 12.9. The molecule has 0 aliphatic rings. The highest BCUT2D eigenvalue weighted by atomic mass is 35.5. The molecule has 0 bridgehead atoms. The highest BCUT2D eigenvalue weighted by Gasteiger charge is 2.23. The highest BCUT2D eigenvalue weighted by molar-refractivity contribution is 7.87. The number of benzene rings is 1. The van der Waals surface area contributed by atoms with Crippen molar-refractivity contribution in [2.24, 2.45) is 5.92 Å². The van der Waals surface area contributed by atoms with Gasteiger partial charge in [-0.25, -0.2) is 0 Å². The fourth-order valence-corrected chi connectivity index (χ4v) is 3.06.